The Morgan fingerprint density at radius 1 is 1.50 bits per heavy atom. The Balaban J connectivity index is 1.75. The average Bonchev–Trinajstić information content (AvgIpc) is 3.04. The summed E-state index contributed by atoms with van der Waals surface area (Å²) in [6.45, 7) is 0.672. The van der Waals surface area contributed by atoms with Gasteiger partial charge in [0.05, 0.1) is 16.3 Å². The molecule has 1 fully saturated rings. The lowest BCUT2D eigenvalue weighted by Gasteiger charge is -2.12. The zero-order chi connectivity index (χ0) is 14.1. The second-order valence-electron chi connectivity index (χ2n) is 4.97. The number of Topliss-reactive ketones (excluding diaryl/α,β-unsaturated/α-hetero) is 1. The summed E-state index contributed by atoms with van der Waals surface area (Å²) in [6, 6.07) is 6.94. The minimum Gasteiger partial charge on any atom is -0.356 e. The van der Waals surface area contributed by atoms with E-state index in [9.17, 15) is 9.59 Å². The van der Waals surface area contributed by atoms with Gasteiger partial charge in [-0.05, 0) is 25.0 Å². The molecule has 0 aliphatic carbocycles. The van der Waals surface area contributed by atoms with Crippen molar-refractivity contribution in [1.82, 2.24) is 10.3 Å². The van der Waals surface area contributed by atoms with Crippen molar-refractivity contribution in [1.29, 1.82) is 0 Å². The summed E-state index contributed by atoms with van der Waals surface area (Å²) in [6.07, 6.45) is 1.14. The standard InChI is InChI=1S/C14H15N3O2S/c15-9(7-8-5-6-16-13(8)19)12(18)14-17-10-3-1-2-4-11(10)20-14/h1-4,8-9H,5-7,15H2,(H,16,19). The minimum atomic E-state index is -0.663. The number of benzene rings is 1. The average molecular weight is 289 g/mol. The second kappa shape index (κ2) is 5.30. The Labute approximate surface area is 120 Å². The van der Waals surface area contributed by atoms with Gasteiger partial charge in [-0.1, -0.05) is 12.1 Å². The lowest BCUT2D eigenvalue weighted by atomic mass is 9.97. The van der Waals surface area contributed by atoms with Gasteiger partial charge in [0, 0.05) is 12.5 Å². The number of aromatic nitrogens is 1. The minimum absolute atomic E-state index is 0.00227. The first-order valence-corrected chi connectivity index (χ1v) is 7.40. The zero-order valence-electron chi connectivity index (χ0n) is 10.8. The topological polar surface area (TPSA) is 85.1 Å². The van der Waals surface area contributed by atoms with E-state index in [1.807, 2.05) is 24.3 Å². The van der Waals surface area contributed by atoms with E-state index in [4.69, 9.17) is 5.73 Å². The molecule has 3 N–H and O–H groups in total. The van der Waals surface area contributed by atoms with Crippen LogP contribution in [0.15, 0.2) is 24.3 Å². The summed E-state index contributed by atoms with van der Waals surface area (Å²) in [4.78, 5) is 28.1. The van der Waals surface area contributed by atoms with Crippen LogP contribution in [0.3, 0.4) is 0 Å². The molecule has 1 aliphatic rings. The monoisotopic (exact) mass is 289 g/mol. The number of ketones is 1. The highest BCUT2D eigenvalue weighted by Gasteiger charge is 2.29. The molecule has 1 aliphatic heterocycles. The third-order valence-electron chi connectivity index (χ3n) is 3.54. The van der Waals surface area contributed by atoms with Crippen LogP contribution < -0.4 is 11.1 Å². The summed E-state index contributed by atoms with van der Waals surface area (Å²) in [5.41, 5.74) is 6.76. The maximum absolute atomic E-state index is 12.3. The van der Waals surface area contributed by atoms with Gasteiger partial charge < -0.3 is 11.1 Å². The van der Waals surface area contributed by atoms with E-state index < -0.39 is 6.04 Å². The first kappa shape index (κ1) is 13.2. The van der Waals surface area contributed by atoms with E-state index in [0.717, 1.165) is 16.6 Å². The van der Waals surface area contributed by atoms with Gasteiger partial charge in [0.25, 0.3) is 0 Å². The molecule has 6 heteroatoms. The van der Waals surface area contributed by atoms with E-state index >= 15 is 0 Å². The normalized spacial score (nSPS) is 20.1. The molecule has 5 nitrogen and oxygen atoms in total. The number of rotatable bonds is 4. The predicted molar refractivity (Wildman–Crippen MR) is 77.7 cm³/mol. The second-order valence-corrected chi connectivity index (χ2v) is 6.00. The highest BCUT2D eigenvalue weighted by Crippen LogP contribution is 2.24. The van der Waals surface area contributed by atoms with Crippen LogP contribution in [0.25, 0.3) is 10.2 Å². The molecule has 2 unspecified atom stereocenters. The maximum Gasteiger partial charge on any atom is 0.223 e. The Morgan fingerprint density at radius 3 is 3.00 bits per heavy atom. The van der Waals surface area contributed by atoms with Crippen LogP contribution in [0.1, 0.15) is 22.6 Å². The van der Waals surface area contributed by atoms with Crippen LogP contribution in [-0.2, 0) is 4.79 Å². The molecule has 104 valence electrons. The Hall–Kier alpha value is -1.79. The Morgan fingerprint density at radius 2 is 2.30 bits per heavy atom. The van der Waals surface area contributed by atoms with Crippen molar-refractivity contribution < 1.29 is 9.59 Å². The third kappa shape index (κ3) is 2.44. The number of hydrogen-bond acceptors (Lipinski definition) is 5. The molecular formula is C14H15N3O2S. The number of thiazole rings is 1. The van der Waals surface area contributed by atoms with Crippen molar-refractivity contribution in [2.24, 2.45) is 11.7 Å². The quantitative estimate of drug-likeness (QED) is 0.832. The summed E-state index contributed by atoms with van der Waals surface area (Å²) >= 11 is 1.35. The van der Waals surface area contributed by atoms with Crippen LogP contribution in [0.4, 0.5) is 0 Å². The maximum atomic E-state index is 12.3. The Kier molecular flexibility index (Phi) is 3.50. The van der Waals surface area contributed by atoms with Crippen molar-refractivity contribution in [3.8, 4) is 0 Å². The zero-order valence-corrected chi connectivity index (χ0v) is 11.7. The number of carbonyl (C=O) groups is 2. The van der Waals surface area contributed by atoms with E-state index in [-0.39, 0.29) is 17.6 Å². The highest BCUT2D eigenvalue weighted by atomic mass is 32.1. The SMILES string of the molecule is NC(CC1CCNC1=O)C(=O)c1nc2ccccc2s1. The van der Waals surface area contributed by atoms with Crippen LogP contribution in [0.5, 0.6) is 0 Å². The molecule has 2 atom stereocenters. The lowest BCUT2D eigenvalue weighted by Crippen LogP contribution is -2.34. The molecule has 3 rings (SSSR count). The number of carbonyl (C=O) groups excluding carboxylic acids is 2. The number of amides is 1. The fourth-order valence-electron chi connectivity index (χ4n) is 2.42. The van der Waals surface area contributed by atoms with Gasteiger partial charge in [0.15, 0.2) is 5.01 Å². The number of nitrogens with one attached hydrogen (secondary N) is 1. The van der Waals surface area contributed by atoms with Crippen LogP contribution in [0, 0.1) is 5.92 Å². The fraction of sp³-hybridized carbons (Fsp3) is 0.357. The number of nitrogens with two attached hydrogens (primary N) is 1. The summed E-state index contributed by atoms with van der Waals surface area (Å²) < 4.78 is 0.974. The molecule has 2 aromatic rings. The predicted octanol–water partition coefficient (Wildman–Crippen LogP) is 1.33. The van der Waals surface area contributed by atoms with Crippen LogP contribution in [-0.4, -0.2) is 29.3 Å². The van der Waals surface area contributed by atoms with Crippen molar-refractivity contribution in [3.63, 3.8) is 0 Å². The number of fused-ring (bicyclic) bond motifs is 1. The van der Waals surface area contributed by atoms with Gasteiger partial charge >= 0.3 is 0 Å². The first-order chi connectivity index (χ1) is 9.65. The molecule has 1 aromatic carbocycles. The van der Waals surface area contributed by atoms with Crippen molar-refractivity contribution in [2.45, 2.75) is 18.9 Å². The molecule has 20 heavy (non-hydrogen) atoms. The first-order valence-electron chi connectivity index (χ1n) is 6.58. The molecule has 2 heterocycles. The molecule has 1 aromatic heterocycles. The highest BCUT2D eigenvalue weighted by molar-refractivity contribution is 7.20. The molecule has 0 saturated carbocycles. The summed E-state index contributed by atoms with van der Waals surface area (Å²) in [5, 5.41) is 3.18. The number of para-hydroxylation sites is 1. The van der Waals surface area contributed by atoms with E-state index in [2.05, 4.69) is 10.3 Å². The molecular weight excluding hydrogens is 274 g/mol. The van der Waals surface area contributed by atoms with Gasteiger partial charge in [-0.2, -0.15) is 0 Å². The number of hydrogen-bond donors (Lipinski definition) is 2. The molecule has 0 bridgehead atoms. The van der Waals surface area contributed by atoms with Crippen LogP contribution in [0.2, 0.25) is 0 Å². The van der Waals surface area contributed by atoms with Gasteiger partial charge in [0.2, 0.25) is 11.7 Å². The van der Waals surface area contributed by atoms with E-state index in [1.54, 1.807) is 0 Å². The largest absolute Gasteiger partial charge is 0.356 e. The summed E-state index contributed by atoms with van der Waals surface area (Å²) in [5.74, 6) is -0.327. The smallest absolute Gasteiger partial charge is 0.223 e. The van der Waals surface area contributed by atoms with Crippen molar-refractivity contribution in [3.05, 3.63) is 29.3 Å². The lowest BCUT2D eigenvalue weighted by molar-refractivity contribution is -0.122. The van der Waals surface area contributed by atoms with E-state index in [1.165, 1.54) is 11.3 Å². The van der Waals surface area contributed by atoms with Gasteiger partial charge in [-0.3, -0.25) is 9.59 Å². The van der Waals surface area contributed by atoms with Crippen molar-refractivity contribution in [2.75, 3.05) is 6.54 Å². The molecule has 0 radical (unpaired) electrons. The summed E-state index contributed by atoms with van der Waals surface area (Å²) in [7, 11) is 0. The molecule has 1 amide bonds. The molecule has 0 spiro atoms. The van der Waals surface area contributed by atoms with Crippen molar-refractivity contribution >= 4 is 33.2 Å². The van der Waals surface area contributed by atoms with Gasteiger partial charge in [-0.25, -0.2) is 4.98 Å². The molecule has 1 saturated heterocycles. The third-order valence-corrected chi connectivity index (χ3v) is 4.59. The van der Waals surface area contributed by atoms with Gasteiger partial charge in [-0.15, -0.1) is 11.3 Å². The van der Waals surface area contributed by atoms with E-state index in [0.29, 0.717) is 18.0 Å². The van der Waals surface area contributed by atoms with Gasteiger partial charge in [0.1, 0.15) is 0 Å². The Bertz CT molecular complexity index is 634. The van der Waals surface area contributed by atoms with Crippen LogP contribution >= 0.6 is 11.3 Å². The fourth-order valence-corrected chi connectivity index (χ4v) is 3.39. The number of nitrogens with zero attached hydrogens (tertiary/aromatic N) is 1.